The van der Waals surface area contributed by atoms with Crippen LogP contribution in [0.2, 0.25) is 10.0 Å². The third-order valence-electron chi connectivity index (χ3n) is 3.86. The van der Waals surface area contributed by atoms with Gasteiger partial charge in [-0.15, -0.1) is 0 Å². The van der Waals surface area contributed by atoms with E-state index in [2.05, 4.69) is 36.4 Å². The molecule has 0 amide bonds. The maximum atomic E-state index is 12.3. The highest BCUT2D eigenvalue weighted by Crippen LogP contribution is 2.22. The van der Waals surface area contributed by atoms with Crippen molar-refractivity contribution in [3.63, 3.8) is 0 Å². The Labute approximate surface area is 165 Å². The Morgan fingerprint density at radius 2 is 1.96 bits per heavy atom. The van der Waals surface area contributed by atoms with E-state index in [1.165, 1.54) is 5.56 Å². The third kappa shape index (κ3) is 6.93. The van der Waals surface area contributed by atoms with Gasteiger partial charge in [-0.25, -0.2) is 0 Å². The molecular formula is C21H24Cl2N2O. The van der Waals surface area contributed by atoms with Crippen molar-refractivity contribution in [1.29, 1.82) is 0 Å². The zero-order valence-electron chi connectivity index (χ0n) is 15.1. The lowest BCUT2D eigenvalue weighted by Gasteiger charge is -2.10. The molecule has 5 heteroatoms. The Kier molecular flexibility index (Phi) is 8.33. The average Bonchev–Trinajstić information content (AvgIpc) is 2.59. The van der Waals surface area contributed by atoms with Gasteiger partial charge >= 0.3 is 0 Å². The minimum atomic E-state index is -0.140. The zero-order valence-corrected chi connectivity index (χ0v) is 16.6. The first-order chi connectivity index (χ1) is 12.5. The molecule has 3 nitrogen and oxygen atoms in total. The highest BCUT2D eigenvalue weighted by Gasteiger charge is 2.07. The number of carbonyl (C=O) groups excluding carboxylic acids is 1. The summed E-state index contributed by atoms with van der Waals surface area (Å²) in [6.07, 6.45) is 4.46. The highest BCUT2D eigenvalue weighted by atomic mass is 35.5. The SMILES string of the molecule is CN(C)CCCNCc1cccc(/C=C/C(=O)c2ccc(Cl)cc2Cl)c1. The van der Waals surface area contributed by atoms with E-state index in [4.69, 9.17) is 23.2 Å². The largest absolute Gasteiger partial charge is 0.313 e. The van der Waals surface area contributed by atoms with Crippen LogP contribution in [0.3, 0.4) is 0 Å². The van der Waals surface area contributed by atoms with Crippen LogP contribution in [-0.4, -0.2) is 37.9 Å². The minimum Gasteiger partial charge on any atom is -0.313 e. The number of carbonyl (C=O) groups is 1. The van der Waals surface area contributed by atoms with Crippen LogP contribution in [0.5, 0.6) is 0 Å². The van der Waals surface area contributed by atoms with Crippen molar-refractivity contribution >= 4 is 35.1 Å². The molecule has 0 heterocycles. The molecule has 1 N–H and O–H groups in total. The summed E-state index contributed by atoms with van der Waals surface area (Å²) in [5.41, 5.74) is 2.62. The van der Waals surface area contributed by atoms with Crippen LogP contribution in [0.4, 0.5) is 0 Å². The van der Waals surface area contributed by atoms with Gasteiger partial charge in [-0.05, 0) is 69.0 Å². The molecule has 0 aliphatic carbocycles. The fourth-order valence-electron chi connectivity index (χ4n) is 2.51. The predicted octanol–water partition coefficient (Wildman–Crippen LogP) is 4.93. The lowest BCUT2D eigenvalue weighted by molar-refractivity contribution is 0.104. The molecule has 2 aromatic rings. The van der Waals surface area contributed by atoms with E-state index in [9.17, 15) is 4.79 Å². The third-order valence-corrected chi connectivity index (χ3v) is 4.41. The monoisotopic (exact) mass is 390 g/mol. The van der Waals surface area contributed by atoms with Gasteiger partial charge in [0.2, 0.25) is 0 Å². The Morgan fingerprint density at radius 3 is 2.69 bits per heavy atom. The number of hydrogen-bond acceptors (Lipinski definition) is 3. The van der Waals surface area contributed by atoms with Gasteiger partial charge < -0.3 is 10.2 Å². The predicted molar refractivity (Wildman–Crippen MR) is 111 cm³/mol. The molecule has 0 aliphatic heterocycles. The van der Waals surface area contributed by atoms with Gasteiger partial charge in [0.1, 0.15) is 0 Å². The Bertz CT molecular complexity index is 772. The van der Waals surface area contributed by atoms with Crippen LogP contribution in [0.15, 0.2) is 48.5 Å². The lowest BCUT2D eigenvalue weighted by atomic mass is 10.1. The summed E-state index contributed by atoms with van der Waals surface area (Å²) < 4.78 is 0. The van der Waals surface area contributed by atoms with Gasteiger partial charge in [-0.2, -0.15) is 0 Å². The molecule has 0 radical (unpaired) electrons. The fourth-order valence-corrected chi connectivity index (χ4v) is 3.01. The van der Waals surface area contributed by atoms with Crippen LogP contribution in [0.25, 0.3) is 6.08 Å². The topological polar surface area (TPSA) is 32.3 Å². The van der Waals surface area contributed by atoms with Gasteiger partial charge in [-0.3, -0.25) is 4.79 Å². The Balaban J connectivity index is 1.92. The molecule has 0 unspecified atom stereocenters. The lowest BCUT2D eigenvalue weighted by Crippen LogP contribution is -2.20. The second kappa shape index (κ2) is 10.5. The maximum Gasteiger partial charge on any atom is 0.187 e. The summed E-state index contributed by atoms with van der Waals surface area (Å²) in [6, 6.07) is 13.0. The second-order valence-electron chi connectivity index (χ2n) is 6.40. The van der Waals surface area contributed by atoms with Crippen molar-refractivity contribution in [2.45, 2.75) is 13.0 Å². The average molecular weight is 391 g/mol. The summed E-state index contributed by atoms with van der Waals surface area (Å²) in [7, 11) is 4.16. The molecule has 26 heavy (non-hydrogen) atoms. The first-order valence-electron chi connectivity index (χ1n) is 8.57. The number of hydrogen-bond donors (Lipinski definition) is 1. The second-order valence-corrected chi connectivity index (χ2v) is 7.24. The number of benzene rings is 2. The van der Waals surface area contributed by atoms with Gasteiger partial charge in [0, 0.05) is 17.1 Å². The summed E-state index contributed by atoms with van der Waals surface area (Å²) >= 11 is 12.0. The van der Waals surface area contributed by atoms with Gasteiger partial charge in [0.05, 0.1) is 5.02 Å². The minimum absolute atomic E-state index is 0.140. The van der Waals surface area contributed by atoms with E-state index >= 15 is 0 Å². The fraction of sp³-hybridized carbons (Fsp3) is 0.286. The van der Waals surface area contributed by atoms with Crippen molar-refractivity contribution in [2.24, 2.45) is 0 Å². The molecule has 138 valence electrons. The molecule has 0 spiro atoms. The number of ketones is 1. The molecule has 0 saturated heterocycles. The van der Waals surface area contributed by atoms with E-state index in [0.29, 0.717) is 15.6 Å². The molecule has 0 fully saturated rings. The number of nitrogens with zero attached hydrogens (tertiary/aromatic N) is 1. The van der Waals surface area contributed by atoms with E-state index < -0.39 is 0 Å². The maximum absolute atomic E-state index is 12.3. The smallest absolute Gasteiger partial charge is 0.187 e. The molecule has 0 bridgehead atoms. The summed E-state index contributed by atoms with van der Waals surface area (Å²) in [6.45, 7) is 2.86. The van der Waals surface area contributed by atoms with E-state index in [-0.39, 0.29) is 5.78 Å². The van der Waals surface area contributed by atoms with Crippen LogP contribution in [0, 0.1) is 0 Å². The number of allylic oxidation sites excluding steroid dienone is 1. The van der Waals surface area contributed by atoms with E-state index in [0.717, 1.165) is 31.6 Å². The van der Waals surface area contributed by atoms with Crippen molar-refractivity contribution in [3.8, 4) is 0 Å². The molecule has 0 atom stereocenters. The summed E-state index contributed by atoms with van der Waals surface area (Å²) in [5.74, 6) is -0.140. The highest BCUT2D eigenvalue weighted by molar-refractivity contribution is 6.37. The Morgan fingerprint density at radius 1 is 1.15 bits per heavy atom. The summed E-state index contributed by atoms with van der Waals surface area (Å²) in [4.78, 5) is 14.5. The molecule has 2 aromatic carbocycles. The van der Waals surface area contributed by atoms with E-state index in [1.807, 2.05) is 18.2 Å². The van der Waals surface area contributed by atoms with Gasteiger partial charge in [0.25, 0.3) is 0 Å². The normalized spacial score (nSPS) is 11.4. The standard InChI is InChI=1S/C21H24Cl2N2O/c1-25(2)12-4-11-24-15-17-6-3-5-16(13-17)7-10-21(26)19-9-8-18(22)14-20(19)23/h3,5-10,13-14,24H,4,11-12,15H2,1-2H3/b10-7+. The first kappa shape index (κ1) is 20.7. The zero-order chi connectivity index (χ0) is 18.9. The molecular weight excluding hydrogens is 367 g/mol. The quantitative estimate of drug-likeness (QED) is 0.374. The molecule has 0 saturated carbocycles. The van der Waals surface area contributed by atoms with Crippen molar-refractivity contribution < 1.29 is 4.79 Å². The summed E-state index contributed by atoms with van der Waals surface area (Å²) in [5, 5.41) is 4.32. The van der Waals surface area contributed by atoms with Crippen LogP contribution in [-0.2, 0) is 6.54 Å². The van der Waals surface area contributed by atoms with Crippen LogP contribution in [0.1, 0.15) is 27.9 Å². The van der Waals surface area contributed by atoms with Crippen molar-refractivity contribution in [2.75, 3.05) is 27.2 Å². The van der Waals surface area contributed by atoms with Crippen molar-refractivity contribution in [1.82, 2.24) is 10.2 Å². The number of rotatable bonds is 9. The van der Waals surface area contributed by atoms with Crippen molar-refractivity contribution in [3.05, 3.63) is 75.3 Å². The Hall–Kier alpha value is -1.65. The first-order valence-corrected chi connectivity index (χ1v) is 9.33. The molecule has 2 rings (SSSR count). The van der Waals surface area contributed by atoms with Gasteiger partial charge in [-0.1, -0.05) is 53.5 Å². The molecule has 0 aliphatic rings. The van der Waals surface area contributed by atoms with Crippen LogP contribution >= 0.6 is 23.2 Å². The van der Waals surface area contributed by atoms with Gasteiger partial charge in [0.15, 0.2) is 5.78 Å². The number of nitrogens with one attached hydrogen (secondary N) is 1. The number of halogens is 2. The van der Waals surface area contributed by atoms with Crippen LogP contribution < -0.4 is 5.32 Å². The molecule has 0 aromatic heterocycles. The van der Waals surface area contributed by atoms with E-state index in [1.54, 1.807) is 24.3 Å².